The summed E-state index contributed by atoms with van der Waals surface area (Å²) in [5, 5.41) is 14.7. The number of ether oxygens (including phenoxy) is 2. The lowest BCUT2D eigenvalue weighted by molar-refractivity contribution is -0.122. The molecule has 2 N–H and O–H groups in total. The third kappa shape index (κ3) is 4.87. The summed E-state index contributed by atoms with van der Waals surface area (Å²) < 4.78 is 28.9. The molecule has 3 aromatic rings. The smallest absolute Gasteiger partial charge is 0.290 e. The summed E-state index contributed by atoms with van der Waals surface area (Å²) in [6, 6.07) is 5.68. The van der Waals surface area contributed by atoms with Gasteiger partial charge in [-0.15, -0.1) is 0 Å². The summed E-state index contributed by atoms with van der Waals surface area (Å²) >= 11 is 0. The number of hydrogen-bond acceptors (Lipinski definition) is 9. The van der Waals surface area contributed by atoms with E-state index in [2.05, 4.69) is 20.1 Å². The fourth-order valence-corrected chi connectivity index (χ4v) is 5.24. The van der Waals surface area contributed by atoms with E-state index < -0.39 is 9.73 Å². The minimum absolute atomic E-state index is 0.250. The SMILES string of the molecule is O=CO.O=S1(=Nc2cc(N3CCOCC3)nc3c(-c4ccn[nH]4)nccc23)CCOCC1. The molecule has 0 aliphatic carbocycles. The molecule has 2 aliphatic heterocycles. The monoisotopic (exact) mass is 460 g/mol. The van der Waals surface area contributed by atoms with Gasteiger partial charge in [-0.1, -0.05) is 0 Å². The van der Waals surface area contributed by atoms with Crippen LogP contribution in [0.1, 0.15) is 0 Å². The van der Waals surface area contributed by atoms with Crippen molar-refractivity contribution in [2.24, 2.45) is 4.36 Å². The third-order valence-corrected chi connectivity index (χ3v) is 7.28. The number of H-pyrrole nitrogens is 1. The van der Waals surface area contributed by atoms with Crippen LogP contribution >= 0.6 is 0 Å². The number of aromatic amines is 1. The molecule has 32 heavy (non-hydrogen) atoms. The van der Waals surface area contributed by atoms with Crippen LogP contribution in [0.25, 0.3) is 22.3 Å². The van der Waals surface area contributed by atoms with Crippen LogP contribution in [0.4, 0.5) is 11.5 Å². The number of anilines is 1. The van der Waals surface area contributed by atoms with Crippen molar-refractivity contribution < 1.29 is 23.6 Å². The first-order valence-corrected chi connectivity index (χ1v) is 12.0. The molecule has 2 fully saturated rings. The van der Waals surface area contributed by atoms with Gasteiger partial charge in [0.25, 0.3) is 6.47 Å². The van der Waals surface area contributed by atoms with Crippen LogP contribution in [0.2, 0.25) is 0 Å². The fraction of sp³-hybridized carbons (Fsp3) is 0.400. The Hall–Kier alpha value is -3.09. The Labute approximate surface area is 185 Å². The molecule has 5 heterocycles. The van der Waals surface area contributed by atoms with E-state index in [1.54, 1.807) is 12.4 Å². The zero-order valence-electron chi connectivity index (χ0n) is 17.3. The van der Waals surface area contributed by atoms with E-state index in [0.29, 0.717) is 49.3 Å². The summed E-state index contributed by atoms with van der Waals surface area (Å²) in [5.74, 6) is 1.69. The van der Waals surface area contributed by atoms with E-state index in [9.17, 15) is 4.21 Å². The van der Waals surface area contributed by atoms with Crippen molar-refractivity contribution in [3.63, 3.8) is 0 Å². The molecule has 0 amide bonds. The zero-order valence-corrected chi connectivity index (χ0v) is 18.2. The second-order valence-corrected chi connectivity index (χ2v) is 9.66. The number of carbonyl (C=O) groups is 1. The van der Waals surface area contributed by atoms with Gasteiger partial charge in [-0.3, -0.25) is 14.9 Å². The highest BCUT2D eigenvalue weighted by atomic mass is 32.2. The highest BCUT2D eigenvalue weighted by Gasteiger charge is 2.20. The number of morpholine rings is 1. The molecule has 0 saturated carbocycles. The number of pyridine rings is 2. The molecule has 5 rings (SSSR count). The Kier molecular flexibility index (Phi) is 6.93. The van der Waals surface area contributed by atoms with Gasteiger partial charge in [-0.05, 0) is 12.1 Å². The van der Waals surface area contributed by atoms with Gasteiger partial charge in [-0.2, -0.15) is 9.46 Å². The largest absolute Gasteiger partial charge is 0.483 e. The van der Waals surface area contributed by atoms with Crippen molar-refractivity contribution in [1.29, 1.82) is 0 Å². The number of fused-ring (bicyclic) bond motifs is 1. The average Bonchev–Trinajstić information content (AvgIpc) is 3.35. The third-order valence-electron chi connectivity index (χ3n) is 5.14. The maximum atomic E-state index is 13.3. The Bertz CT molecular complexity index is 1170. The average molecular weight is 461 g/mol. The molecule has 11 nitrogen and oxygen atoms in total. The molecule has 0 spiro atoms. The van der Waals surface area contributed by atoms with Gasteiger partial charge in [0.2, 0.25) is 0 Å². The number of aromatic nitrogens is 4. The van der Waals surface area contributed by atoms with Crippen LogP contribution in [0, 0.1) is 0 Å². The number of rotatable bonds is 3. The number of hydrogen-bond donors (Lipinski definition) is 2. The first kappa shape index (κ1) is 22.1. The summed E-state index contributed by atoms with van der Waals surface area (Å²) in [5.41, 5.74) is 2.89. The Balaban J connectivity index is 0.000000775. The van der Waals surface area contributed by atoms with Crippen molar-refractivity contribution in [3.05, 3.63) is 30.6 Å². The minimum atomic E-state index is -2.36. The highest BCUT2D eigenvalue weighted by Crippen LogP contribution is 2.34. The van der Waals surface area contributed by atoms with E-state index in [4.69, 9.17) is 28.7 Å². The number of nitrogens with zero attached hydrogens (tertiary/aromatic N) is 5. The molecule has 0 atom stereocenters. The lowest BCUT2D eigenvalue weighted by Gasteiger charge is -2.28. The van der Waals surface area contributed by atoms with Crippen molar-refractivity contribution >= 4 is 38.6 Å². The molecule has 0 unspecified atom stereocenters. The second kappa shape index (κ2) is 10.0. The van der Waals surface area contributed by atoms with Crippen LogP contribution in [0.15, 0.2) is 35.0 Å². The van der Waals surface area contributed by atoms with Gasteiger partial charge < -0.3 is 19.5 Å². The maximum absolute atomic E-state index is 13.3. The molecule has 2 saturated heterocycles. The molecule has 0 aromatic carbocycles. The summed E-state index contributed by atoms with van der Waals surface area (Å²) in [4.78, 5) is 20.0. The topological polar surface area (TPSA) is 143 Å². The van der Waals surface area contributed by atoms with Gasteiger partial charge in [0.05, 0.1) is 59.0 Å². The predicted octanol–water partition coefficient (Wildman–Crippen LogP) is 1.69. The molecule has 0 radical (unpaired) electrons. The van der Waals surface area contributed by atoms with E-state index in [1.807, 2.05) is 18.2 Å². The highest BCUT2D eigenvalue weighted by molar-refractivity contribution is 7.93. The fourth-order valence-electron chi connectivity index (χ4n) is 3.59. The molecular weight excluding hydrogens is 436 g/mol. The number of nitrogens with one attached hydrogen (secondary N) is 1. The summed E-state index contributed by atoms with van der Waals surface area (Å²) in [6.45, 7) is 3.51. The molecular formula is C20H24N6O5S. The zero-order chi connectivity index (χ0) is 22.4. The van der Waals surface area contributed by atoms with Crippen molar-refractivity contribution in [2.75, 3.05) is 55.9 Å². The van der Waals surface area contributed by atoms with E-state index in [-0.39, 0.29) is 6.47 Å². The van der Waals surface area contributed by atoms with Gasteiger partial charge in [-0.25, -0.2) is 9.19 Å². The quantitative estimate of drug-likeness (QED) is 0.558. The minimum Gasteiger partial charge on any atom is -0.483 e. The van der Waals surface area contributed by atoms with Crippen LogP contribution in [0.5, 0.6) is 0 Å². The van der Waals surface area contributed by atoms with E-state index >= 15 is 0 Å². The van der Waals surface area contributed by atoms with Crippen LogP contribution in [-0.4, -0.2) is 87.0 Å². The molecule has 2 aliphatic rings. The Morgan fingerprint density at radius 1 is 1.12 bits per heavy atom. The standard InChI is InChI=1S/C19H22N6O3S.CH2O2/c26-29(11-9-28-10-12-29)24-16-13-17(25-5-7-27-8-6-25)22-18-14(16)1-3-20-19(18)15-2-4-21-23-15;2-1-3/h1-4,13H,5-12H2,(H,21,23);1H,(H,2,3). The maximum Gasteiger partial charge on any atom is 0.290 e. The van der Waals surface area contributed by atoms with Gasteiger partial charge >= 0.3 is 0 Å². The normalized spacial score (nSPS) is 17.9. The second-order valence-electron chi connectivity index (χ2n) is 7.11. The van der Waals surface area contributed by atoms with E-state index in [0.717, 1.165) is 35.5 Å². The van der Waals surface area contributed by atoms with E-state index in [1.165, 1.54) is 0 Å². The van der Waals surface area contributed by atoms with Crippen LogP contribution in [-0.2, 0) is 24.0 Å². The first-order valence-electron chi connectivity index (χ1n) is 10.1. The molecule has 12 heteroatoms. The van der Waals surface area contributed by atoms with Gasteiger partial charge in [0.1, 0.15) is 17.0 Å². The summed E-state index contributed by atoms with van der Waals surface area (Å²) in [7, 11) is -2.36. The molecule has 0 bridgehead atoms. The van der Waals surface area contributed by atoms with Crippen molar-refractivity contribution in [1.82, 2.24) is 20.2 Å². The summed E-state index contributed by atoms with van der Waals surface area (Å²) in [6.07, 6.45) is 3.41. The molecule has 170 valence electrons. The lowest BCUT2D eigenvalue weighted by Crippen LogP contribution is -2.36. The molecule has 3 aromatic heterocycles. The first-order chi connectivity index (χ1) is 15.6. The van der Waals surface area contributed by atoms with Crippen LogP contribution in [0.3, 0.4) is 0 Å². The van der Waals surface area contributed by atoms with Crippen molar-refractivity contribution in [3.8, 4) is 11.4 Å². The number of carboxylic acid groups (broad SMARTS) is 1. The van der Waals surface area contributed by atoms with Crippen molar-refractivity contribution in [2.45, 2.75) is 0 Å². The van der Waals surface area contributed by atoms with Crippen LogP contribution < -0.4 is 4.90 Å². The van der Waals surface area contributed by atoms with Gasteiger partial charge in [0.15, 0.2) is 0 Å². The lowest BCUT2D eigenvalue weighted by atomic mass is 10.1. The Morgan fingerprint density at radius 2 is 1.84 bits per heavy atom. The Morgan fingerprint density at radius 3 is 2.53 bits per heavy atom. The predicted molar refractivity (Wildman–Crippen MR) is 120 cm³/mol. The van der Waals surface area contributed by atoms with Gasteiger partial charge in [0, 0.05) is 36.9 Å².